The van der Waals surface area contributed by atoms with Gasteiger partial charge >= 0.3 is 0 Å². The first-order chi connectivity index (χ1) is 9.44. The zero-order chi connectivity index (χ0) is 14.8. The van der Waals surface area contributed by atoms with Crippen LogP contribution in [0.1, 0.15) is 47.2 Å². The van der Waals surface area contributed by atoms with Crippen molar-refractivity contribution in [3.05, 3.63) is 15.8 Å². The average Bonchev–Trinajstić information content (AvgIpc) is 2.98. The van der Waals surface area contributed by atoms with Crippen molar-refractivity contribution in [2.45, 2.75) is 50.5 Å². The van der Waals surface area contributed by atoms with E-state index in [2.05, 4.69) is 10.0 Å². The summed E-state index contributed by atoms with van der Waals surface area (Å²) in [4.78, 5) is 13.1. The molecule has 0 aromatic carbocycles. The highest BCUT2D eigenvalue weighted by molar-refractivity contribution is 7.89. The van der Waals surface area contributed by atoms with E-state index in [1.165, 1.54) is 17.4 Å². The monoisotopic (exact) mass is 316 g/mol. The number of nitrogens with one attached hydrogen (secondary N) is 2. The zero-order valence-electron chi connectivity index (χ0n) is 11.7. The highest BCUT2D eigenvalue weighted by Gasteiger charge is 2.26. The van der Waals surface area contributed by atoms with Crippen LogP contribution in [0.4, 0.5) is 0 Å². The number of thiophene rings is 1. The van der Waals surface area contributed by atoms with Gasteiger partial charge in [-0.3, -0.25) is 4.79 Å². The fraction of sp³-hybridized carbons (Fsp3) is 0.615. The number of aryl methyl sites for hydroxylation is 1. The number of sulfonamides is 1. The van der Waals surface area contributed by atoms with Crippen LogP contribution in [-0.2, 0) is 10.0 Å². The molecule has 1 saturated carbocycles. The van der Waals surface area contributed by atoms with E-state index in [-0.39, 0.29) is 16.8 Å². The van der Waals surface area contributed by atoms with E-state index in [1.54, 1.807) is 6.92 Å². The van der Waals surface area contributed by atoms with Gasteiger partial charge in [-0.1, -0.05) is 12.8 Å². The SMILES string of the molecule is CCNC(=O)c1cc(S(=O)(=O)NC2CCCC2)c(C)s1. The van der Waals surface area contributed by atoms with Gasteiger partial charge in [-0.25, -0.2) is 13.1 Å². The Balaban J connectivity index is 2.20. The molecule has 0 aliphatic heterocycles. The molecule has 0 bridgehead atoms. The van der Waals surface area contributed by atoms with Gasteiger partial charge in [0, 0.05) is 17.5 Å². The Kier molecular flexibility index (Phi) is 4.82. The van der Waals surface area contributed by atoms with Crippen LogP contribution in [0.25, 0.3) is 0 Å². The van der Waals surface area contributed by atoms with Crippen molar-refractivity contribution in [3.8, 4) is 0 Å². The predicted octanol–water partition coefficient (Wildman–Crippen LogP) is 2.03. The molecule has 112 valence electrons. The van der Waals surface area contributed by atoms with E-state index < -0.39 is 10.0 Å². The third-order valence-corrected chi connectivity index (χ3v) is 6.23. The van der Waals surface area contributed by atoms with Crippen molar-refractivity contribution in [1.29, 1.82) is 0 Å². The Morgan fingerprint density at radius 3 is 2.65 bits per heavy atom. The van der Waals surface area contributed by atoms with Gasteiger partial charge in [0.2, 0.25) is 10.0 Å². The Morgan fingerprint density at radius 2 is 2.05 bits per heavy atom. The fourth-order valence-electron chi connectivity index (χ4n) is 2.42. The van der Waals surface area contributed by atoms with Gasteiger partial charge in [-0.05, 0) is 32.8 Å². The van der Waals surface area contributed by atoms with E-state index >= 15 is 0 Å². The van der Waals surface area contributed by atoms with Gasteiger partial charge in [0.25, 0.3) is 5.91 Å². The first-order valence-electron chi connectivity index (χ1n) is 6.85. The van der Waals surface area contributed by atoms with Gasteiger partial charge in [-0.2, -0.15) is 0 Å². The Labute approximate surface area is 123 Å². The molecule has 1 aliphatic rings. The molecule has 0 atom stereocenters. The summed E-state index contributed by atoms with van der Waals surface area (Å²) in [5.74, 6) is -0.220. The largest absolute Gasteiger partial charge is 0.352 e. The normalized spacial score (nSPS) is 16.5. The molecule has 1 heterocycles. The first kappa shape index (κ1) is 15.5. The number of rotatable bonds is 5. The minimum Gasteiger partial charge on any atom is -0.352 e. The van der Waals surface area contributed by atoms with Gasteiger partial charge in [0.1, 0.15) is 0 Å². The Hall–Kier alpha value is -0.920. The summed E-state index contributed by atoms with van der Waals surface area (Å²) in [6, 6.07) is 1.51. The van der Waals surface area contributed by atoms with Crippen LogP contribution in [0.3, 0.4) is 0 Å². The molecule has 1 aliphatic carbocycles. The van der Waals surface area contributed by atoms with Crippen LogP contribution in [0.2, 0.25) is 0 Å². The quantitative estimate of drug-likeness (QED) is 0.873. The van der Waals surface area contributed by atoms with E-state index in [1.807, 2.05) is 6.92 Å². The van der Waals surface area contributed by atoms with Crippen molar-refractivity contribution in [2.24, 2.45) is 0 Å². The molecule has 0 unspecified atom stereocenters. The molecule has 0 saturated heterocycles. The van der Waals surface area contributed by atoms with Crippen LogP contribution in [0.5, 0.6) is 0 Å². The van der Waals surface area contributed by atoms with Crippen molar-refractivity contribution in [1.82, 2.24) is 10.0 Å². The van der Waals surface area contributed by atoms with Crippen LogP contribution < -0.4 is 10.0 Å². The predicted molar refractivity (Wildman–Crippen MR) is 79.6 cm³/mol. The number of hydrogen-bond donors (Lipinski definition) is 2. The molecular formula is C13H20N2O3S2. The maximum Gasteiger partial charge on any atom is 0.261 e. The molecule has 1 amide bonds. The molecule has 0 radical (unpaired) electrons. The van der Waals surface area contributed by atoms with Crippen molar-refractivity contribution in [2.75, 3.05) is 6.54 Å². The summed E-state index contributed by atoms with van der Waals surface area (Å²) in [6.45, 7) is 4.09. The molecule has 1 aromatic heterocycles. The smallest absolute Gasteiger partial charge is 0.261 e. The lowest BCUT2D eigenvalue weighted by Gasteiger charge is -2.11. The highest BCUT2D eigenvalue weighted by atomic mass is 32.2. The summed E-state index contributed by atoms with van der Waals surface area (Å²) in [5, 5.41) is 2.68. The molecule has 1 fully saturated rings. The zero-order valence-corrected chi connectivity index (χ0v) is 13.4. The third-order valence-electron chi connectivity index (χ3n) is 3.40. The van der Waals surface area contributed by atoms with Gasteiger partial charge in [-0.15, -0.1) is 11.3 Å². The Bertz CT molecular complexity index is 587. The lowest BCUT2D eigenvalue weighted by molar-refractivity contribution is 0.0959. The number of carbonyl (C=O) groups excluding carboxylic acids is 1. The molecule has 5 nitrogen and oxygen atoms in total. The molecule has 20 heavy (non-hydrogen) atoms. The topological polar surface area (TPSA) is 75.3 Å². The van der Waals surface area contributed by atoms with Gasteiger partial charge < -0.3 is 5.32 Å². The second kappa shape index (κ2) is 6.24. The van der Waals surface area contributed by atoms with E-state index in [0.717, 1.165) is 25.7 Å². The molecular weight excluding hydrogens is 296 g/mol. The second-order valence-corrected chi connectivity index (χ2v) is 7.93. The maximum absolute atomic E-state index is 12.4. The van der Waals surface area contributed by atoms with Crippen molar-refractivity contribution in [3.63, 3.8) is 0 Å². The minimum absolute atomic E-state index is 0.0345. The summed E-state index contributed by atoms with van der Waals surface area (Å²) in [7, 11) is -3.52. The third kappa shape index (κ3) is 3.39. The summed E-state index contributed by atoms with van der Waals surface area (Å²) in [5.41, 5.74) is 0. The lowest BCUT2D eigenvalue weighted by atomic mass is 10.3. The number of carbonyl (C=O) groups is 1. The van der Waals surface area contributed by atoms with Crippen LogP contribution >= 0.6 is 11.3 Å². The number of hydrogen-bond acceptors (Lipinski definition) is 4. The van der Waals surface area contributed by atoms with E-state index in [0.29, 0.717) is 16.3 Å². The molecule has 7 heteroatoms. The maximum atomic E-state index is 12.4. The molecule has 2 N–H and O–H groups in total. The fourth-order valence-corrected chi connectivity index (χ4v) is 5.23. The first-order valence-corrected chi connectivity index (χ1v) is 9.15. The van der Waals surface area contributed by atoms with Crippen LogP contribution in [0.15, 0.2) is 11.0 Å². The van der Waals surface area contributed by atoms with Crippen molar-refractivity contribution >= 4 is 27.3 Å². The summed E-state index contributed by atoms with van der Waals surface area (Å²) >= 11 is 1.22. The molecule has 0 spiro atoms. The second-order valence-electron chi connectivity index (χ2n) is 4.99. The van der Waals surface area contributed by atoms with E-state index in [9.17, 15) is 13.2 Å². The van der Waals surface area contributed by atoms with Gasteiger partial charge in [0.05, 0.1) is 9.77 Å². The minimum atomic E-state index is -3.52. The Morgan fingerprint density at radius 1 is 1.40 bits per heavy atom. The summed E-state index contributed by atoms with van der Waals surface area (Å²) < 4.78 is 27.5. The average molecular weight is 316 g/mol. The van der Waals surface area contributed by atoms with Crippen LogP contribution in [0, 0.1) is 6.92 Å². The van der Waals surface area contributed by atoms with Crippen LogP contribution in [-0.4, -0.2) is 26.9 Å². The molecule has 1 aromatic rings. The highest BCUT2D eigenvalue weighted by Crippen LogP contribution is 2.27. The number of amides is 1. The van der Waals surface area contributed by atoms with Gasteiger partial charge in [0.15, 0.2) is 0 Å². The molecule has 2 rings (SSSR count). The lowest BCUT2D eigenvalue weighted by Crippen LogP contribution is -2.32. The standard InChI is InChI=1S/C13H20N2O3S2/c1-3-14-13(16)11-8-12(9(2)19-11)20(17,18)15-10-6-4-5-7-10/h8,10,15H,3-7H2,1-2H3,(H,14,16). The van der Waals surface area contributed by atoms with E-state index in [4.69, 9.17) is 0 Å². The summed E-state index contributed by atoms with van der Waals surface area (Å²) in [6.07, 6.45) is 3.93. The van der Waals surface area contributed by atoms with Crippen molar-refractivity contribution < 1.29 is 13.2 Å².